The molecule has 2 N–H and O–H groups in total. The molecule has 0 radical (unpaired) electrons. The summed E-state index contributed by atoms with van der Waals surface area (Å²) in [5.41, 5.74) is 9.04. The largest absolute Gasteiger partial charge is 0.493 e. The number of benzene rings is 1. The van der Waals surface area contributed by atoms with Crippen molar-refractivity contribution in [3.05, 3.63) is 48.4 Å². The van der Waals surface area contributed by atoms with Gasteiger partial charge in [-0.2, -0.15) is 4.98 Å². The summed E-state index contributed by atoms with van der Waals surface area (Å²) in [4.78, 5) is 18.6. The van der Waals surface area contributed by atoms with Gasteiger partial charge in [0.25, 0.3) is 0 Å². The van der Waals surface area contributed by atoms with Crippen molar-refractivity contribution in [2.75, 3.05) is 51.0 Å². The van der Waals surface area contributed by atoms with Crippen LogP contribution in [0.15, 0.2) is 42.7 Å². The van der Waals surface area contributed by atoms with Crippen LogP contribution in [0.4, 0.5) is 11.8 Å². The molecule has 0 unspecified atom stereocenters. The van der Waals surface area contributed by atoms with E-state index in [0.29, 0.717) is 23.3 Å². The lowest BCUT2D eigenvalue weighted by Crippen LogP contribution is -2.46. The fraction of sp³-hybridized carbons (Fsp3) is 0.318. The minimum absolute atomic E-state index is 0.438. The van der Waals surface area contributed by atoms with Crippen molar-refractivity contribution in [1.82, 2.24) is 24.3 Å². The molecule has 0 amide bonds. The maximum atomic E-state index is 6.25. The number of nitrogens with zero attached hydrogens (tertiary/aromatic N) is 6. The normalized spacial score (nSPS) is 15.0. The average molecular weight is 419 g/mol. The van der Waals surface area contributed by atoms with Gasteiger partial charge in [-0.25, -0.2) is 9.97 Å². The summed E-state index contributed by atoms with van der Waals surface area (Å²) in [5, 5.41) is 0.756. The summed E-state index contributed by atoms with van der Waals surface area (Å²) in [6.07, 6.45) is 4.12. The standard InChI is InChI=1S/C22H25N7O2/c1-30-18-11-16-17(12-19(18)31-2)25-22(26-21(16)23)28-9-7-27(8-10-28)13-15-14-29-6-4-3-5-20(29)24-15/h3-6,11-12,14H,7-10,13H2,1-2H3,(H2,23,25,26). The lowest BCUT2D eigenvalue weighted by molar-refractivity contribution is 0.246. The molecule has 1 aromatic carbocycles. The minimum atomic E-state index is 0.438. The maximum Gasteiger partial charge on any atom is 0.227 e. The molecule has 160 valence electrons. The Balaban J connectivity index is 1.31. The molecule has 9 nitrogen and oxygen atoms in total. The highest BCUT2D eigenvalue weighted by atomic mass is 16.5. The van der Waals surface area contributed by atoms with E-state index in [2.05, 4.69) is 25.4 Å². The highest BCUT2D eigenvalue weighted by Gasteiger charge is 2.21. The van der Waals surface area contributed by atoms with Gasteiger partial charge in [0.05, 0.1) is 25.4 Å². The van der Waals surface area contributed by atoms with E-state index in [1.165, 1.54) is 0 Å². The number of imidazole rings is 1. The molecule has 4 heterocycles. The molecule has 0 saturated carbocycles. The Morgan fingerprint density at radius 2 is 1.74 bits per heavy atom. The van der Waals surface area contributed by atoms with Crippen LogP contribution in [-0.4, -0.2) is 64.7 Å². The number of anilines is 2. The number of aromatic nitrogens is 4. The Morgan fingerprint density at radius 3 is 2.48 bits per heavy atom. The molecular formula is C22H25N7O2. The van der Waals surface area contributed by atoms with E-state index in [0.717, 1.165) is 55.0 Å². The van der Waals surface area contributed by atoms with Gasteiger partial charge in [-0.1, -0.05) is 6.07 Å². The third-order valence-corrected chi connectivity index (χ3v) is 5.67. The van der Waals surface area contributed by atoms with Crippen LogP contribution in [-0.2, 0) is 6.54 Å². The van der Waals surface area contributed by atoms with Gasteiger partial charge in [-0.15, -0.1) is 0 Å². The van der Waals surface area contributed by atoms with Crippen molar-refractivity contribution in [3.63, 3.8) is 0 Å². The first-order chi connectivity index (χ1) is 15.1. The second-order valence-electron chi connectivity index (χ2n) is 7.59. The van der Waals surface area contributed by atoms with Crippen molar-refractivity contribution in [2.24, 2.45) is 0 Å². The molecule has 0 aliphatic carbocycles. The fourth-order valence-corrected chi connectivity index (χ4v) is 4.01. The summed E-state index contributed by atoms with van der Waals surface area (Å²) >= 11 is 0. The maximum absolute atomic E-state index is 6.25. The van der Waals surface area contributed by atoms with E-state index >= 15 is 0 Å². The monoisotopic (exact) mass is 419 g/mol. The van der Waals surface area contributed by atoms with E-state index in [1.807, 2.05) is 36.5 Å². The van der Waals surface area contributed by atoms with Crippen molar-refractivity contribution in [1.29, 1.82) is 0 Å². The van der Waals surface area contributed by atoms with Crippen LogP contribution in [0.25, 0.3) is 16.6 Å². The Bertz CT molecular complexity index is 1200. The van der Waals surface area contributed by atoms with Crippen LogP contribution < -0.4 is 20.1 Å². The molecule has 0 bridgehead atoms. The molecule has 4 aromatic rings. The van der Waals surface area contributed by atoms with Crippen molar-refractivity contribution in [3.8, 4) is 11.5 Å². The van der Waals surface area contributed by atoms with E-state index in [9.17, 15) is 0 Å². The highest BCUT2D eigenvalue weighted by molar-refractivity contribution is 5.91. The number of rotatable bonds is 5. The molecule has 0 spiro atoms. The number of hydrogen-bond acceptors (Lipinski definition) is 8. The first-order valence-electron chi connectivity index (χ1n) is 10.2. The number of nitrogens with two attached hydrogens (primary N) is 1. The third kappa shape index (κ3) is 3.68. The second kappa shape index (κ2) is 7.92. The summed E-state index contributed by atoms with van der Waals surface area (Å²) in [6, 6.07) is 9.70. The summed E-state index contributed by atoms with van der Waals surface area (Å²) < 4.78 is 12.8. The highest BCUT2D eigenvalue weighted by Crippen LogP contribution is 2.34. The lowest BCUT2D eigenvalue weighted by atomic mass is 10.2. The quantitative estimate of drug-likeness (QED) is 0.526. The van der Waals surface area contributed by atoms with Gasteiger partial charge in [-0.3, -0.25) is 4.90 Å². The predicted octanol–water partition coefficient (Wildman–Crippen LogP) is 2.20. The fourth-order valence-electron chi connectivity index (χ4n) is 4.01. The van der Waals surface area contributed by atoms with Gasteiger partial charge in [0, 0.05) is 56.6 Å². The van der Waals surface area contributed by atoms with Gasteiger partial charge < -0.3 is 24.5 Å². The van der Waals surface area contributed by atoms with Crippen molar-refractivity contribution in [2.45, 2.75) is 6.54 Å². The topological polar surface area (TPSA) is 94.0 Å². The number of pyridine rings is 1. The van der Waals surface area contributed by atoms with Crippen molar-refractivity contribution < 1.29 is 9.47 Å². The molecule has 0 atom stereocenters. The molecule has 1 aliphatic rings. The molecule has 1 fully saturated rings. The molecule has 5 rings (SSSR count). The summed E-state index contributed by atoms with van der Waals surface area (Å²) in [5.74, 6) is 2.31. The molecule has 9 heteroatoms. The summed E-state index contributed by atoms with van der Waals surface area (Å²) in [7, 11) is 3.21. The number of methoxy groups -OCH3 is 2. The Labute approximate surface area is 180 Å². The Hall–Kier alpha value is -3.59. The smallest absolute Gasteiger partial charge is 0.227 e. The van der Waals surface area contributed by atoms with Gasteiger partial charge in [-0.05, 0) is 18.2 Å². The zero-order valence-electron chi connectivity index (χ0n) is 17.7. The SMILES string of the molecule is COc1cc2nc(N3CCN(Cc4cn5ccccc5n4)CC3)nc(N)c2cc1OC. The van der Waals surface area contributed by atoms with Gasteiger partial charge >= 0.3 is 0 Å². The van der Waals surface area contributed by atoms with Gasteiger partial charge in [0.2, 0.25) is 5.95 Å². The minimum Gasteiger partial charge on any atom is -0.493 e. The Morgan fingerprint density at radius 1 is 0.968 bits per heavy atom. The zero-order chi connectivity index (χ0) is 21.4. The van der Waals surface area contributed by atoms with E-state index in [1.54, 1.807) is 14.2 Å². The van der Waals surface area contributed by atoms with Crippen LogP contribution in [0.2, 0.25) is 0 Å². The number of piperazine rings is 1. The van der Waals surface area contributed by atoms with Crippen molar-refractivity contribution >= 4 is 28.3 Å². The molecule has 1 saturated heterocycles. The van der Waals surface area contributed by atoms with E-state index < -0.39 is 0 Å². The zero-order valence-corrected chi connectivity index (χ0v) is 17.7. The number of fused-ring (bicyclic) bond motifs is 2. The van der Waals surface area contributed by atoms with Crippen LogP contribution >= 0.6 is 0 Å². The predicted molar refractivity (Wildman–Crippen MR) is 120 cm³/mol. The van der Waals surface area contributed by atoms with Crippen LogP contribution in [0, 0.1) is 0 Å². The van der Waals surface area contributed by atoms with Crippen LogP contribution in [0.1, 0.15) is 5.69 Å². The third-order valence-electron chi connectivity index (χ3n) is 5.67. The molecule has 31 heavy (non-hydrogen) atoms. The van der Waals surface area contributed by atoms with E-state index in [-0.39, 0.29) is 0 Å². The summed E-state index contributed by atoms with van der Waals surface area (Å²) in [6.45, 7) is 4.28. The first kappa shape index (κ1) is 19.4. The number of hydrogen-bond donors (Lipinski definition) is 1. The average Bonchev–Trinajstić information content (AvgIpc) is 3.21. The molecule has 3 aromatic heterocycles. The lowest BCUT2D eigenvalue weighted by Gasteiger charge is -2.34. The van der Waals surface area contributed by atoms with E-state index in [4.69, 9.17) is 25.2 Å². The van der Waals surface area contributed by atoms with Crippen LogP contribution in [0.3, 0.4) is 0 Å². The number of nitrogen functional groups attached to an aromatic ring is 1. The van der Waals surface area contributed by atoms with Crippen LogP contribution in [0.5, 0.6) is 11.5 Å². The van der Waals surface area contributed by atoms with Gasteiger partial charge in [0.1, 0.15) is 11.5 Å². The first-order valence-corrected chi connectivity index (χ1v) is 10.2. The van der Waals surface area contributed by atoms with Gasteiger partial charge in [0.15, 0.2) is 11.5 Å². The number of ether oxygens (including phenoxy) is 2. The Kier molecular flexibility index (Phi) is 4.95. The molecule has 1 aliphatic heterocycles. The second-order valence-corrected chi connectivity index (χ2v) is 7.59. The molecular weight excluding hydrogens is 394 g/mol.